The van der Waals surface area contributed by atoms with Crippen molar-refractivity contribution in [3.63, 3.8) is 0 Å². The number of anilines is 1. The van der Waals surface area contributed by atoms with Crippen molar-refractivity contribution in [2.24, 2.45) is 7.05 Å². The van der Waals surface area contributed by atoms with Crippen molar-refractivity contribution in [1.82, 2.24) is 9.55 Å². The van der Waals surface area contributed by atoms with Crippen molar-refractivity contribution >= 4 is 11.7 Å². The van der Waals surface area contributed by atoms with Gasteiger partial charge in [0.1, 0.15) is 5.82 Å². The fraction of sp³-hybridized carbons (Fsp3) is 0.105. The molecule has 0 saturated carbocycles. The third-order valence-electron chi connectivity index (χ3n) is 3.83. The first-order valence-electron chi connectivity index (χ1n) is 7.79. The van der Waals surface area contributed by atoms with E-state index in [9.17, 15) is 18.4 Å². The van der Waals surface area contributed by atoms with Crippen LogP contribution in [0.2, 0.25) is 0 Å². The molecule has 0 unspecified atom stereocenters. The van der Waals surface area contributed by atoms with Crippen LogP contribution >= 0.6 is 0 Å². The highest BCUT2D eigenvalue weighted by atomic mass is 19.2. The summed E-state index contributed by atoms with van der Waals surface area (Å²) in [5.41, 5.74) is 1.35. The second-order valence-electron chi connectivity index (χ2n) is 5.80. The molecule has 0 radical (unpaired) electrons. The maximum Gasteiger partial charge on any atom is 0.257 e. The number of carbonyl (C=O) groups excluding carboxylic acids is 1. The van der Waals surface area contributed by atoms with Gasteiger partial charge < -0.3 is 9.88 Å². The van der Waals surface area contributed by atoms with Gasteiger partial charge in [-0.05, 0) is 41.8 Å². The molecule has 0 aliphatic carbocycles. The van der Waals surface area contributed by atoms with Crippen LogP contribution in [-0.4, -0.2) is 15.5 Å². The van der Waals surface area contributed by atoms with E-state index in [1.54, 1.807) is 25.4 Å². The van der Waals surface area contributed by atoms with Crippen LogP contribution in [0.3, 0.4) is 0 Å². The molecule has 0 bridgehead atoms. The molecule has 5 nitrogen and oxygen atoms in total. The van der Waals surface area contributed by atoms with Gasteiger partial charge in [-0.2, -0.15) is 0 Å². The number of hydrogen-bond donors (Lipinski definition) is 1. The minimum absolute atomic E-state index is 0.237. The zero-order valence-electron chi connectivity index (χ0n) is 13.9. The summed E-state index contributed by atoms with van der Waals surface area (Å²) in [5, 5.41) is 2.60. The Kier molecular flexibility index (Phi) is 4.88. The Morgan fingerprint density at radius 1 is 1.08 bits per heavy atom. The first-order chi connectivity index (χ1) is 12.4. The Morgan fingerprint density at radius 3 is 2.50 bits per heavy atom. The lowest BCUT2D eigenvalue weighted by Gasteiger charge is -2.07. The second kappa shape index (κ2) is 7.26. The fourth-order valence-corrected chi connectivity index (χ4v) is 2.37. The van der Waals surface area contributed by atoms with Crippen LogP contribution in [0.4, 0.5) is 14.6 Å². The molecule has 1 amide bonds. The van der Waals surface area contributed by atoms with Gasteiger partial charge in [-0.25, -0.2) is 13.8 Å². The molecule has 0 fully saturated rings. The van der Waals surface area contributed by atoms with Gasteiger partial charge in [-0.15, -0.1) is 0 Å². The van der Waals surface area contributed by atoms with Gasteiger partial charge in [0.15, 0.2) is 11.6 Å². The first kappa shape index (κ1) is 17.5. The van der Waals surface area contributed by atoms with Crippen molar-refractivity contribution in [2.45, 2.75) is 6.42 Å². The minimum Gasteiger partial charge on any atom is -0.319 e. The molecule has 7 heteroatoms. The molecule has 0 aliphatic rings. The zero-order chi connectivity index (χ0) is 18.7. The number of nitrogens with zero attached hydrogens (tertiary/aromatic N) is 2. The molecule has 2 heterocycles. The third kappa shape index (κ3) is 4.00. The molecule has 0 spiro atoms. The first-order valence-corrected chi connectivity index (χ1v) is 7.79. The van der Waals surface area contributed by atoms with E-state index >= 15 is 0 Å². The van der Waals surface area contributed by atoms with Crippen molar-refractivity contribution in [2.75, 3.05) is 5.32 Å². The Balaban J connectivity index is 1.69. The Hall–Kier alpha value is -3.35. The number of halogens is 2. The Morgan fingerprint density at radius 2 is 1.85 bits per heavy atom. The Bertz CT molecular complexity index is 1010. The molecule has 3 rings (SSSR count). The molecule has 26 heavy (non-hydrogen) atoms. The molecule has 132 valence electrons. The predicted octanol–water partition coefficient (Wildman–Crippen LogP) is 2.90. The predicted molar refractivity (Wildman–Crippen MR) is 93.0 cm³/mol. The molecular weight excluding hydrogens is 340 g/mol. The van der Waals surface area contributed by atoms with Gasteiger partial charge in [0.25, 0.3) is 11.5 Å². The number of hydrogen-bond acceptors (Lipinski definition) is 3. The quantitative estimate of drug-likeness (QED) is 0.783. The summed E-state index contributed by atoms with van der Waals surface area (Å²) in [6, 6.07) is 9.84. The van der Waals surface area contributed by atoms with Crippen LogP contribution in [0, 0.1) is 11.6 Å². The summed E-state index contributed by atoms with van der Waals surface area (Å²) in [5.74, 6) is -1.90. The highest BCUT2D eigenvalue weighted by Crippen LogP contribution is 2.14. The molecule has 2 aromatic heterocycles. The maximum absolute atomic E-state index is 13.2. The van der Waals surface area contributed by atoms with Crippen LogP contribution in [0.1, 0.15) is 21.5 Å². The van der Waals surface area contributed by atoms with Gasteiger partial charge in [0.2, 0.25) is 0 Å². The lowest BCUT2D eigenvalue weighted by Crippen LogP contribution is -2.20. The standard InChI is InChI=1S/C19H15F2N3O2/c1-24-7-6-14(10-18(24)25)19(26)23-17-5-3-13(11-22-17)8-12-2-4-15(20)16(21)9-12/h2-7,9-11H,8H2,1H3,(H,22,23,26). The normalized spacial score (nSPS) is 10.6. The van der Waals surface area contributed by atoms with Crippen molar-refractivity contribution < 1.29 is 13.6 Å². The minimum atomic E-state index is -0.895. The summed E-state index contributed by atoms with van der Waals surface area (Å²) in [6.07, 6.45) is 3.43. The lowest BCUT2D eigenvalue weighted by molar-refractivity contribution is 0.102. The molecule has 0 aliphatic heterocycles. The van der Waals surface area contributed by atoms with Gasteiger partial charge in [-0.1, -0.05) is 12.1 Å². The number of nitrogens with one attached hydrogen (secondary N) is 1. The highest BCUT2D eigenvalue weighted by Gasteiger charge is 2.09. The van der Waals surface area contributed by atoms with E-state index in [4.69, 9.17) is 0 Å². The number of rotatable bonds is 4. The molecule has 0 saturated heterocycles. The van der Waals surface area contributed by atoms with Crippen LogP contribution in [-0.2, 0) is 13.5 Å². The van der Waals surface area contributed by atoms with Crippen LogP contribution < -0.4 is 10.9 Å². The molecule has 1 aromatic carbocycles. The van der Waals surface area contributed by atoms with Gasteiger partial charge in [0.05, 0.1) is 0 Å². The molecule has 0 atom stereocenters. The van der Waals surface area contributed by atoms with E-state index < -0.39 is 17.5 Å². The van der Waals surface area contributed by atoms with Crippen molar-refractivity contribution in [1.29, 1.82) is 0 Å². The van der Waals surface area contributed by atoms with E-state index in [0.717, 1.165) is 17.7 Å². The van der Waals surface area contributed by atoms with Crippen LogP contribution in [0.5, 0.6) is 0 Å². The number of benzene rings is 1. The third-order valence-corrected chi connectivity index (χ3v) is 3.83. The zero-order valence-corrected chi connectivity index (χ0v) is 13.9. The number of aromatic nitrogens is 2. The summed E-state index contributed by atoms with van der Waals surface area (Å²) in [7, 11) is 1.59. The summed E-state index contributed by atoms with van der Waals surface area (Å²) in [6.45, 7) is 0. The van der Waals surface area contributed by atoms with E-state index in [1.165, 1.54) is 29.0 Å². The van der Waals surface area contributed by atoms with E-state index in [2.05, 4.69) is 10.3 Å². The number of aryl methyl sites for hydroxylation is 1. The summed E-state index contributed by atoms with van der Waals surface area (Å²) in [4.78, 5) is 27.9. The topological polar surface area (TPSA) is 64.0 Å². The molecule has 1 N–H and O–H groups in total. The van der Waals surface area contributed by atoms with Crippen LogP contribution in [0.15, 0.2) is 59.7 Å². The smallest absolute Gasteiger partial charge is 0.257 e. The highest BCUT2D eigenvalue weighted by molar-refractivity contribution is 6.03. The average molecular weight is 355 g/mol. The van der Waals surface area contributed by atoms with Gasteiger partial charge in [0, 0.05) is 31.1 Å². The average Bonchev–Trinajstić information content (AvgIpc) is 2.62. The van der Waals surface area contributed by atoms with Crippen LogP contribution in [0.25, 0.3) is 0 Å². The van der Waals surface area contributed by atoms with Crippen molar-refractivity contribution in [3.05, 3.63) is 93.5 Å². The summed E-state index contributed by atoms with van der Waals surface area (Å²) < 4.78 is 27.6. The van der Waals surface area contributed by atoms with Crippen molar-refractivity contribution in [3.8, 4) is 0 Å². The monoisotopic (exact) mass is 355 g/mol. The number of amides is 1. The second-order valence-corrected chi connectivity index (χ2v) is 5.80. The number of pyridine rings is 2. The summed E-state index contributed by atoms with van der Waals surface area (Å²) >= 11 is 0. The Labute approximate surface area is 147 Å². The number of carbonyl (C=O) groups is 1. The fourth-order valence-electron chi connectivity index (χ4n) is 2.37. The van der Waals surface area contributed by atoms with E-state index in [0.29, 0.717) is 17.8 Å². The molecular formula is C19H15F2N3O2. The SMILES string of the molecule is Cn1ccc(C(=O)Nc2ccc(Cc3ccc(F)c(F)c3)cn2)cc1=O. The van der Waals surface area contributed by atoms with Gasteiger partial charge >= 0.3 is 0 Å². The van der Waals surface area contributed by atoms with E-state index in [1.807, 2.05) is 0 Å². The lowest BCUT2D eigenvalue weighted by atomic mass is 10.1. The maximum atomic E-state index is 13.2. The molecule has 3 aromatic rings. The largest absolute Gasteiger partial charge is 0.319 e. The van der Waals surface area contributed by atoms with E-state index in [-0.39, 0.29) is 11.1 Å². The van der Waals surface area contributed by atoms with Gasteiger partial charge in [-0.3, -0.25) is 9.59 Å².